The second-order valence-corrected chi connectivity index (χ2v) is 4.85. The molecule has 3 nitrogen and oxygen atoms in total. The quantitative estimate of drug-likeness (QED) is 0.865. The van der Waals surface area contributed by atoms with Gasteiger partial charge in [-0.3, -0.25) is 4.68 Å². The van der Waals surface area contributed by atoms with Gasteiger partial charge < -0.3 is 5.11 Å². The lowest BCUT2D eigenvalue weighted by atomic mass is 9.98. The van der Waals surface area contributed by atoms with E-state index in [0.29, 0.717) is 29.1 Å². The number of aliphatic hydroxyl groups excluding tert-OH is 1. The Morgan fingerprint density at radius 1 is 1.24 bits per heavy atom. The van der Waals surface area contributed by atoms with Gasteiger partial charge in [0, 0.05) is 18.3 Å². The lowest BCUT2D eigenvalue weighted by molar-refractivity contribution is -0.140. The Bertz CT molecular complexity index is 676. The van der Waals surface area contributed by atoms with Gasteiger partial charge in [-0.1, -0.05) is 6.07 Å². The van der Waals surface area contributed by atoms with Crippen LogP contribution in [0.4, 0.5) is 17.6 Å². The minimum atomic E-state index is -4.76. The number of nitrogens with zero attached hydrogens (tertiary/aromatic N) is 2. The third-order valence-corrected chi connectivity index (χ3v) is 3.45. The van der Waals surface area contributed by atoms with E-state index in [9.17, 15) is 22.7 Å². The SMILES string of the molecule is Cc1nn(C)c(C)c1C(O)c1ccc(C(F)(F)F)c(F)c1. The Balaban J connectivity index is 2.45. The van der Waals surface area contributed by atoms with Crippen LogP contribution in [0.3, 0.4) is 0 Å². The molecule has 0 aliphatic carbocycles. The fourth-order valence-electron chi connectivity index (χ4n) is 2.28. The Hall–Kier alpha value is -1.89. The van der Waals surface area contributed by atoms with Gasteiger partial charge in [0.1, 0.15) is 11.9 Å². The number of rotatable bonds is 2. The molecule has 2 rings (SSSR count). The van der Waals surface area contributed by atoms with Crippen LogP contribution >= 0.6 is 0 Å². The topological polar surface area (TPSA) is 38.0 Å². The maximum atomic E-state index is 13.6. The van der Waals surface area contributed by atoms with Crippen LogP contribution in [0.1, 0.15) is 34.2 Å². The van der Waals surface area contributed by atoms with E-state index >= 15 is 0 Å². The minimum Gasteiger partial charge on any atom is -0.384 e. The van der Waals surface area contributed by atoms with Crippen molar-refractivity contribution in [2.24, 2.45) is 7.05 Å². The molecule has 1 aromatic carbocycles. The summed E-state index contributed by atoms with van der Waals surface area (Å²) in [4.78, 5) is 0. The van der Waals surface area contributed by atoms with E-state index in [1.165, 1.54) is 0 Å². The van der Waals surface area contributed by atoms with Gasteiger partial charge in [0.25, 0.3) is 0 Å². The molecule has 1 atom stereocenters. The zero-order valence-electron chi connectivity index (χ0n) is 11.7. The van der Waals surface area contributed by atoms with Gasteiger partial charge in [-0.25, -0.2) is 4.39 Å². The molecular formula is C14H14F4N2O. The van der Waals surface area contributed by atoms with Crippen LogP contribution in [0.2, 0.25) is 0 Å². The van der Waals surface area contributed by atoms with Crippen molar-refractivity contribution in [1.82, 2.24) is 9.78 Å². The maximum Gasteiger partial charge on any atom is 0.419 e. The van der Waals surface area contributed by atoms with Gasteiger partial charge in [0.2, 0.25) is 0 Å². The summed E-state index contributed by atoms with van der Waals surface area (Å²) in [5.41, 5.74) is 0.387. The molecule has 0 spiro atoms. The van der Waals surface area contributed by atoms with Crippen molar-refractivity contribution in [3.8, 4) is 0 Å². The molecule has 1 N–H and O–H groups in total. The van der Waals surface area contributed by atoms with Crippen LogP contribution in [-0.2, 0) is 13.2 Å². The molecule has 7 heteroatoms. The smallest absolute Gasteiger partial charge is 0.384 e. The number of alkyl halides is 3. The van der Waals surface area contributed by atoms with Crippen molar-refractivity contribution in [3.63, 3.8) is 0 Å². The molecule has 114 valence electrons. The highest BCUT2D eigenvalue weighted by Crippen LogP contribution is 2.34. The zero-order valence-corrected chi connectivity index (χ0v) is 11.7. The summed E-state index contributed by atoms with van der Waals surface area (Å²) in [6.07, 6.45) is -5.98. The van der Waals surface area contributed by atoms with Crippen molar-refractivity contribution >= 4 is 0 Å². The van der Waals surface area contributed by atoms with Crippen LogP contribution in [-0.4, -0.2) is 14.9 Å². The Labute approximate surface area is 118 Å². The molecule has 1 aromatic heterocycles. The van der Waals surface area contributed by atoms with Crippen molar-refractivity contribution in [1.29, 1.82) is 0 Å². The first-order valence-corrected chi connectivity index (χ1v) is 6.17. The van der Waals surface area contributed by atoms with Crippen LogP contribution in [0.15, 0.2) is 18.2 Å². The molecule has 0 fully saturated rings. The number of aliphatic hydroxyl groups is 1. The average Bonchev–Trinajstić information content (AvgIpc) is 2.61. The average molecular weight is 302 g/mol. The number of aromatic nitrogens is 2. The van der Waals surface area contributed by atoms with E-state index < -0.39 is 23.7 Å². The highest BCUT2D eigenvalue weighted by molar-refractivity contribution is 5.37. The van der Waals surface area contributed by atoms with Crippen molar-refractivity contribution in [2.45, 2.75) is 26.1 Å². The van der Waals surface area contributed by atoms with E-state index in [1.807, 2.05) is 0 Å². The highest BCUT2D eigenvalue weighted by atomic mass is 19.4. The zero-order chi connectivity index (χ0) is 15.9. The fraction of sp³-hybridized carbons (Fsp3) is 0.357. The van der Waals surface area contributed by atoms with Crippen molar-refractivity contribution in [2.75, 3.05) is 0 Å². The van der Waals surface area contributed by atoms with Crippen LogP contribution in [0.5, 0.6) is 0 Å². The first-order valence-electron chi connectivity index (χ1n) is 6.17. The number of aryl methyl sites for hydroxylation is 2. The molecule has 0 aliphatic heterocycles. The molecule has 0 bridgehead atoms. The molecular weight excluding hydrogens is 288 g/mol. The van der Waals surface area contributed by atoms with Gasteiger partial charge in [-0.15, -0.1) is 0 Å². The molecule has 0 saturated carbocycles. The molecule has 1 heterocycles. The molecule has 0 aliphatic rings. The lowest BCUT2D eigenvalue weighted by Gasteiger charge is -2.14. The Kier molecular flexibility index (Phi) is 3.79. The number of hydrogen-bond acceptors (Lipinski definition) is 2. The van der Waals surface area contributed by atoms with Gasteiger partial charge in [0.15, 0.2) is 0 Å². The van der Waals surface area contributed by atoms with Crippen LogP contribution < -0.4 is 0 Å². The van der Waals surface area contributed by atoms with E-state index in [4.69, 9.17) is 0 Å². The lowest BCUT2D eigenvalue weighted by Crippen LogP contribution is -2.10. The minimum absolute atomic E-state index is 0.0553. The first-order chi connectivity index (χ1) is 9.62. The first kappa shape index (κ1) is 15.5. The second-order valence-electron chi connectivity index (χ2n) is 4.85. The van der Waals surface area contributed by atoms with Crippen LogP contribution in [0.25, 0.3) is 0 Å². The number of halogens is 4. The predicted octanol–water partition coefficient (Wildman–Crippen LogP) is 3.28. The van der Waals surface area contributed by atoms with Crippen molar-refractivity contribution < 1.29 is 22.7 Å². The molecule has 0 radical (unpaired) electrons. The summed E-state index contributed by atoms with van der Waals surface area (Å²) in [6.45, 7) is 3.39. The summed E-state index contributed by atoms with van der Waals surface area (Å²) in [6, 6.07) is 2.41. The van der Waals surface area contributed by atoms with E-state index in [-0.39, 0.29) is 5.56 Å². The van der Waals surface area contributed by atoms with Gasteiger partial charge in [-0.05, 0) is 31.5 Å². The Morgan fingerprint density at radius 2 is 1.86 bits per heavy atom. The third kappa shape index (κ3) is 2.78. The van der Waals surface area contributed by atoms with Gasteiger partial charge in [-0.2, -0.15) is 18.3 Å². The summed E-state index contributed by atoms with van der Waals surface area (Å²) in [5.74, 6) is -1.40. The molecule has 2 aromatic rings. The molecule has 21 heavy (non-hydrogen) atoms. The number of benzene rings is 1. The predicted molar refractivity (Wildman–Crippen MR) is 68.1 cm³/mol. The molecule has 0 amide bonds. The maximum absolute atomic E-state index is 13.6. The standard InChI is InChI=1S/C14H14F4N2O/c1-7-12(8(2)20(3)19-7)13(21)9-4-5-10(11(15)6-9)14(16,17)18/h4-6,13,21H,1-3H3. The molecule has 1 unspecified atom stereocenters. The second kappa shape index (κ2) is 5.14. The fourth-order valence-corrected chi connectivity index (χ4v) is 2.28. The summed E-state index contributed by atoms with van der Waals surface area (Å²) in [5, 5.41) is 14.4. The van der Waals surface area contributed by atoms with E-state index in [1.54, 1.807) is 25.6 Å². The van der Waals surface area contributed by atoms with Crippen molar-refractivity contribution in [3.05, 3.63) is 52.1 Å². The van der Waals surface area contributed by atoms with Gasteiger partial charge >= 0.3 is 6.18 Å². The normalized spacial score (nSPS) is 13.5. The largest absolute Gasteiger partial charge is 0.419 e. The summed E-state index contributed by atoms with van der Waals surface area (Å²) in [7, 11) is 1.69. The van der Waals surface area contributed by atoms with Crippen LogP contribution in [0, 0.1) is 19.7 Å². The highest BCUT2D eigenvalue weighted by Gasteiger charge is 2.34. The third-order valence-electron chi connectivity index (χ3n) is 3.45. The molecule has 0 saturated heterocycles. The summed E-state index contributed by atoms with van der Waals surface area (Å²) < 4.78 is 52.7. The van der Waals surface area contributed by atoms with E-state index in [2.05, 4.69) is 5.10 Å². The van der Waals surface area contributed by atoms with Gasteiger partial charge in [0.05, 0.1) is 11.3 Å². The Morgan fingerprint density at radius 3 is 2.29 bits per heavy atom. The number of hydrogen-bond donors (Lipinski definition) is 1. The van der Waals surface area contributed by atoms with E-state index in [0.717, 1.165) is 6.07 Å². The summed E-state index contributed by atoms with van der Waals surface area (Å²) >= 11 is 0. The monoisotopic (exact) mass is 302 g/mol.